The Morgan fingerprint density at radius 1 is 1.46 bits per heavy atom. The number of rotatable bonds is 5. The van der Waals surface area contributed by atoms with E-state index < -0.39 is 4.92 Å². The van der Waals surface area contributed by atoms with Gasteiger partial charge < -0.3 is 0 Å². The van der Waals surface area contributed by atoms with Crippen molar-refractivity contribution in [1.29, 1.82) is 0 Å². The third-order valence-electron chi connectivity index (χ3n) is 3.18. The van der Waals surface area contributed by atoms with Gasteiger partial charge >= 0.3 is 0 Å². The molecule has 0 aliphatic rings. The van der Waals surface area contributed by atoms with Crippen molar-refractivity contribution in [1.82, 2.24) is 9.55 Å². The zero-order valence-electron chi connectivity index (χ0n) is 12.1. The van der Waals surface area contributed by atoms with Crippen LogP contribution in [0.1, 0.15) is 0 Å². The molecule has 0 fully saturated rings. The molecule has 6 nitrogen and oxygen atoms in total. The van der Waals surface area contributed by atoms with Crippen molar-refractivity contribution in [3.63, 3.8) is 0 Å². The molecular weight excluding hydrogens is 414 g/mol. The van der Waals surface area contributed by atoms with Gasteiger partial charge in [-0.25, -0.2) is 4.98 Å². The largest absolute Gasteiger partial charge is 0.284 e. The predicted octanol–water partition coefficient (Wildman–Crippen LogP) is 4.47. The van der Waals surface area contributed by atoms with Crippen LogP contribution in [0.25, 0.3) is 10.2 Å². The standard InChI is InChI=1S/C15H10BrN3O3S2/c1-2-6-18-14(20)10-5-7-23-13(10)17-15(18)24-12-4-3-9(16)8-11(12)19(21)22/h2-5,7-8H,1,6H2. The zero-order valence-corrected chi connectivity index (χ0v) is 15.4. The van der Waals surface area contributed by atoms with Gasteiger partial charge in [-0.3, -0.25) is 19.5 Å². The number of nitrogens with zero attached hydrogens (tertiary/aromatic N) is 3. The molecule has 0 spiro atoms. The van der Waals surface area contributed by atoms with Gasteiger partial charge in [0.25, 0.3) is 11.2 Å². The van der Waals surface area contributed by atoms with Gasteiger partial charge in [-0.05, 0) is 35.3 Å². The molecule has 9 heteroatoms. The second kappa shape index (κ2) is 6.88. The van der Waals surface area contributed by atoms with Crippen LogP contribution in [0.2, 0.25) is 0 Å². The van der Waals surface area contributed by atoms with E-state index in [-0.39, 0.29) is 17.8 Å². The lowest BCUT2D eigenvalue weighted by Gasteiger charge is -2.10. The molecule has 3 aromatic rings. The predicted molar refractivity (Wildman–Crippen MR) is 99.0 cm³/mol. The van der Waals surface area contributed by atoms with E-state index in [2.05, 4.69) is 27.5 Å². The number of thiophene rings is 1. The first kappa shape index (κ1) is 16.9. The number of allylic oxidation sites excluding steroid dienone is 1. The van der Waals surface area contributed by atoms with Crippen LogP contribution in [-0.4, -0.2) is 14.5 Å². The van der Waals surface area contributed by atoms with Gasteiger partial charge in [0, 0.05) is 17.1 Å². The molecular formula is C15H10BrN3O3S2. The summed E-state index contributed by atoms with van der Waals surface area (Å²) in [5.74, 6) is 0. The van der Waals surface area contributed by atoms with E-state index in [1.807, 2.05) is 0 Å². The van der Waals surface area contributed by atoms with E-state index in [1.54, 1.807) is 29.7 Å². The molecule has 2 aromatic heterocycles. The minimum Gasteiger partial charge on any atom is -0.283 e. The summed E-state index contributed by atoms with van der Waals surface area (Å²) in [7, 11) is 0. The Kier molecular flexibility index (Phi) is 4.83. The number of nitro benzene ring substituents is 1. The molecule has 0 aliphatic carbocycles. The average Bonchev–Trinajstić information content (AvgIpc) is 3.01. The van der Waals surface area contributed by atoms with Gasteiger partial charge in [0.1, 0.15) is 4.83 Å². The van der Waals surface area contributed by atoms with Gasteiger partial charge in [-0.1, -0.05) is 22.0 Å². The lowest BCUT2D eigenvalue weighted by molar-refractivity contribution is -0.387. The quantitative estimate of drug-likeness (QED) is 0.262. The fourth-order valence-corrected chi connectivity index (χ4v) is 4.25. The molecule has 0 saturated heterocycles. The van der Waals surface area contributed by atoms with Crippen molar-refractivity contribution in [2.24, 2.45) is 0 Å². The Morgan fingerprint density at radius 3 is 2.96 bits per heavy atom. The summed E-state index contributed by atoms with van der Waals surface area (Å²) in [6.07, 6.45) is 1.60. The molecule has 0 amide bonds. The minimum atomic E-state index is -0.452. The Balaban J connectivity index is 2.16. The van der Waals surface area contributed by atoms with E-state index >= 15 is 0 Å². The minimum absolute atomic E-state index is 0.0416. The fraction of sp³-hybridized carbons (Fsp3) is 0.0667. The Bertz CT molecular complexity index is 1010. The highest BCUT2D eigenvalue weighted by atomic mass is 79.9. The van der Waals surface area contributed by atoms with Gasteiger partial charge in [-0.2, -0.15) is 0 Å². The van der Waals surface area contributed by atoms with Gasteiger partial charge in [0.05, 0.1) is 15.2 Å². The maximum absolute atomic E-state index is 12.6. The molecule has 0 aliphatic heterocycles. The van der Waals surface area contributed by atoms with E-state index in [0.717, 1.165) is 11.8 Å². The van der Waals surface area contributed by atoms with Gasteiger partial charge in [0.15, 0.2) is 5.16 Å². The summed E-state index contributed by atoms with van der Waals surface area (Å²) in [6.45, 7) is 3.94. The topological polar surface area (TPSA) is 78.0 Å². The third-order valence-corrected chi connectivity index (χ3v) is 5.54. The second-order valence-corrected chi connectivity index (χ2v) is 7.53. The Hall–Kier alpha value is -1.97. The highest BCUT2D eigenvalue weighted by Gasteiger charge is 2.19. The molecule has 0 N–H and O–H groups in total. The number of hydrogen-bond donors (Lipinski definition) is 0. The van der Waals surface area contributed by atoms with Gasteiger partial charge in [-0.15, -0.1) is 17.9 Å². The Labute approximate surface area is 153 Å². The average molecular weight is 424 g/mol. The molecule has 0 unspecified atom stereocenters. The normalized spacial score (nSPS) is 10.9. The lowest BCUT2D eigenvalue weighted by Crippen LogP contribution is -2.22. The maximum atomic E-state index is 12.6. The number of fused-ring (bicyclic) bond motifs is 1. The van der Waals surface area contributed by atoms with E-state index in [9.17, 15) is 14.9 Å². The SMILES string of the molecule is C=CCn1c(Sc2ccc(Br)cc2[N+](=O)[O-])nc2sccc2c1=O. The van der Waals surface area contributed by atoms with Gasteiger partial charge in [0.2, 0.25) is 0 Å². The number of hydrogen-bond acceptors (Lipinski definition) is 6. The van der Waals surface area contributed by atoms with Crippen LogP contribution < -0.4 is 5.56 Å². The van der Waals surface area contributed by atoms with Crippen LogP contribution in [0.3, 0.4) is 0 Å². The number of benzene rings is 1. The lowest BCUT2D eigenvalue weighted by atomic mass is 10.3. The van der Waals surface area contributed by atoms with Crippen molar-refractivity contribution in [2.45, 2.75) is 16.6 Å². The summed E-state index contributed by atoms with van der Waals surface area (Å²) in [5.41, 5.74) is -0.219. The van der Waals surface area contributed by atoms with Crippen LogP contribution in [-0.2, 0) is 6.54 Å². The van der Waals surface area contributed by atoms with Crippen LogP contribution in [0.5, 0.6) is 0 Å². The monoisotopic (exact) mass is 423 g/mol. The van der Waals surface area contributed by atoms with E-state index in [4.69, 9.17) is 0 Å². The number of halogens is 1. The zero-order chi connectivity index (χ0) is 17.3. The molecule has 3 rings (SSSR count). The van der Waals surface area contributed by atoms with E-state index in [0.29, 0.717) is 24.7 Å². The van der Waals surface area contributed by atoms with E-state index in [1.165, 1.54) is 22.0 Å². The molecule has 2 heterocycles. The van der Waals surface area contributed by atoms with Crippen molar-refractivity contribution in [3.05, 3.63) is 67.2 Å². The maximum Gasteiger partial charge on any atom is 0.284 e. The first-order valence-corrected chi connectivity index (χ1v) is 9.21. The van der Waals surface area contributed by atoms with Crippen LogP contribution in [0.4, 0.5) is 5.69 Å². The summed E-state index contributed by atoms with van der Waals surface area (Å²) in [6, 6.07) is 6.51. The third kappa shape index (κ3) is 3.14. The Morgan fingerprint density at radius 2 is 2.25 bits per heavy atom. The smallest absolute Gasteiger partial charge is 0.283 e. The second-order valence-electron chi connectivity index (χ2n) is 4.71. The van der Waals surface area contributed by atoms with Crippen molar-refractivity contribution in [3.8, 4) is 0 Å². The number of nitro groups is 1. The summed E-state index contributed by atoms with van der Waals surface area (Å²) in [4.78, 5) is 28.9. The molecule has 0 saturated carbocycles. The van der Waals surface area contributed by atoms with Crippen LogP contribution in [0, 0.1) is 10.1 Å². The molecule has 0 bridgehead atoms. The first-order valence-electron chi connectivity index (χ1n) is 6.72. The molecule has 24 heavy (non-hydrogen) atoms. The molecule has 0 atom stereocenters. The molecule has 0 radical (unpaired) electrons. The molecule has 122 valence electrons. The van der Waals surface area contributed by atoms with Crippen LogP contribution >= 0.6 is 39.0 Å². The number of aromatic nitrogens is 2. The van der Waals surface area contributed by atoms with Crippen molar-refractivity contribution >= 4 is 54.9 Å². The summed E-state index contributed by atoms with van der Waals surface area (Å²) in [5, 5.41) is 14.0. The summed E-state index contributed by atoms with van der Waals surface area (Å²) >= 11 is 5.69. The van der Waals surface area contributed by atoms with Crippen molar-refractivity contribution < 1.29 is 4.92 Å². The molecule has 1 aromatic carbocycles. The van der Waals surface area contributed by atoms with Crippen LogP contribution in [0.15, 0.2) is 61.6 Å². The summed E-state index contributed by atoms with van der Waals surface area (Å²) < 4.78 is 2.09. The van der Waals surface area contributed by atoms with Crippen molar-refractivity contribution in [2.75, 3.05) is 0 Å². The highest BCUT2D eigenvalue weighted by Crippen LogP contribution is 2.36. The highest BCUT2D eigenvalue weighted by molar-refractivity contribution is 9.10. The fourth-order valence-electron chi connectivity index (χ4n) is 2.12. The first-order chi connectivity index (χ1) is 11.5.